The number of hydrogen-bond donors (Lipinski definition) is 0. The summed E-state index contributed by atoms with van der Waals surface area (Å²) < 4.78 is 10.5. The SMILES string of the molecule is CC(C)(C)OC(=O)N1Cc2cc(Cl)oc2C1. The van der Waals surface area contributed by atoms with Crippen LogP contribution in [-0.2, 0) is 17.8 Å². The predicted octanol–water partition coefficient (Wildman–Crippen LogP) is 3.18. The Morgan fingerprint density at radius 2 is 2.19 bits per heavy atom. The summed E-state index contributed by atoms with van der Waals surface area (Å²) in [5.74, 6) is 0.746. The Morgan fingerprint density at radius 3 is 2.75 bits per heavy atom. The molecular weight excluding hydrogens is 230 g/mol. The number of fused-ring (bicyclic) bond motifs is 1. The fraction of sp³-hybridized carbons (Fsp3) is 0.545. The van der Waals surface area contributed by atoms with Gasteiger partial charge >= 0.3 is 6.09 Å². The monoisotopic (exact) mass is 243 g/mol. The highest BCUT2D eigenvalue weighted by atomic mass is 35.5. The topological polar surface area (TPSA) is 42.7 Å². The van der Waals surface area contributed by atoms with Crippen LogP contribution in [0.15, 0.2) is 10.5 Å². The molecule has 0 aliphatic carbocycles. The first-order chi connectivity index (χ1) is 7.35. The Hall–Kier alpha value is -1.16. The molecule has 88 valence electrons. The third kappa shape index (κ3) is 2.32. The number of hydrogen-bond acceptors (Lipinski definition) is 3. The van der Waals surface area contributed by atoms with E-state index in [1.807, 2.05) is 20.8 Å². The van der Waals surface area contributed by atoms with Crippen LogP contribution in [0.25, 0.3) is 0 Å². The molecule has 0 atom stereocenters. The Balaban J connectivity index is 2.01. The van der Waals surface area contributed by atoms with Crippen molar-refractivity contribution >= 4 is 17.7 Å². The number of furan rings is 1. The third-order valence-electron chi connectivity index (χ3n) is 2.21. The smallest absolute Gasteiger partial charge is 0.411 e. The molecule has 0 saturated heterocycles. The number of rotatable bonds is 0. The molecule has 5 heteroatoms. The van der Waals surface area contributed by atoms with Gasteiger partial charge in [-0.1, -0.05) is 0 Å². The molecule has 0 spiro atoms. The van der Waals surface area contributed by atoms with Crippen LogP contribution >= 0.6 is 11.6 Å². The van der Waals surface area contributed by atoms with E-state index in [-0.39, 0.29) is 6.09 Å². The van der Waals surface area contributed by atoms with E-state index >= 15 is 0 Å². The highest BCUT2D eigenvalue weighted by molar-refractivity contribution is 6.28. The predicted molar refractivity (Wildman–Crippen MR) is 59.2 cm³/mol. The molecule has 2 rings (SSSR count). The molecule has 1 amide bonds. The quantitative estimate of drug-likeness (QED) is 0.703. The van der Waals surface area contributed by atoms with Gasteiger partial charge in [-0.3, -0.25) is 4.90 Å². The minimum Gasteiger partial charge on any atom is -0.447 e. The standard InChI is InChI=1S/C11H14ClNO3/c1-11(2,3)16-10(14)13-5-7-4-9(12)15-8(7)6-13/h4H,5-6H2,1-3H3. The summed E-state index contributed by atoms with van der Waals surface area (Å²) in [4.78, 5) is 13.3. The van der Waals surface area contributed by atoms with E-state index in [4.69, 9.17) is 20.8 Å². The molecular formula is C11H14ClNO3. The molecule has 1 aromatic heterocycles. The van der Waals surface area contributed by atoms with E-state index < -0.39 is 5.60 Å². The minimum absolute atomic E-state index is 0.324. The number of nitrogens with zero attached hydrogens (tertiary/aromatic N) is 1. The minimum atomic E-state index is -0.474. The van der Waals surface area contributed by atoms with Crippen LogP contribution in [0.5, 0.6) is 0 Å². The summed E-state index contributed by atoms with van der Waals surface area (Å²) in [5.41, 5.74) is 0.481. The summed E-state index contributed by atoms with van der Waals surface area (Å²) in [7, 11) is 0. The summed E-state index contributed by atoms with van der Waals surface area (Å²) in [6.45, 7) is 6.46. The van der Waals surface area contributed by atoms with Gasteiger partial charge < -0.3 is 9.15 Å². The summed E-state index contributed by atoms with van der Waals surface area (Å²) in [6, 6.07) is 1.74. The maximum atomic E-state index is 11.7. The lowest BCUT2D eigenvalue weighted by Gasteiger charge is -2.23. The van der Waals surface area contributed by atoms with Gasteiger partial charge in [0.15, 0.2) is 5.22 Å². The Morgan fingerprint density at radius 1 is 1.50 bits per heavy atom. The first-order valence-corrected chi connectivity index (χ1v) is 5.48. The van der Waals surface area contributed by atoms with Crippen molar-refractivity contribution < 1.29 is 13.9 Å². The van der Waals surface area contributed by atoms with Gasteiger partial charge in [-0.2, -0.15) is 0 Å². The Labute approximate surface area is 99.1 Å². The molecule has 0 bridgehead atoms. The van der Waals surface area contributed by atoms with Crippen molar-refractivity contribution in [1.82, 2.24) is 4.90 Å². The van der Waals surface area contributed by atoms with Crippen molar-refractivity contribution in [3.63, 3.8) is 0 Å². The lowest BCUT2D eigenvalue weighted by atomic mass is 10.2. The summed E-state index contributed by atoms with van der Waals surface area (Å²) in [5, 5.41) is 0.369. The van der Waals surface area contributed by atoms with E-state index in [2.05, 4.69) is 0 Å². The number of carbonyl (C=O) groups is 1. The first kappa shape index (κ1) is 11.3. The maximum absolute atomic E-state index is 11.7. The Kier molecular flexibility index (Phi) is 2.62. The van der Waals surface area contributed by atoms with Gasteiger partial charge in [-0.15, -0.1) is 0 Å². The van der Waals surface area contributed by atoms with Crippen LogP contribution in [-0.4, -0.2) is 16.6 Å². The van der Waals surface area contributed by atoms with Crippen LogP contribution in [0.4, 0.5) is 4.79 Å². The molecule has 2 heterocycles. The molecule has 0 N–H and O–H groups in total. The van der Waals surface area contributed by atoms with Gasteiger partial charge in [0, 0.05) is 11.6 Å². The third-order valence-corrected chi connectivity index (χ3v) is 2.40. The molecule has 0 unspecified atom stereocenters. The second kappa shape index (κ2) is 3.70. The van der Waals surface area contributed by atoms with E-state index in [9.17, 15) is 4.79 Å². The van der Waals surface area contributed by atoms with Crippen LogP contribution in [0.1, 0.15) is 32.1 Å². The van der Waals surface area contributed by atoms with Gasteiger partial charge in [0.2, 0.25) is 0 Å². The van der Waals surface area contributed by atoms with Crippen molar-refractivity contribution in [2.75, 3.05) is 0 Å². The molecule has 0 fully saturated rings. The van der Waals surface area contributed by atoms with Crippen LogP contribution < -0.4 is 0 Å². The van der Waals surface area contributed by atoms with Crippen molar-refractivity contribution in [2.24, 2.45) is 0 Å². The Bertz CT molecular complexity index is 396. The molecule has 4 nitrogen and oxygen atoms in total. The van der Waals surface area contributed by atoms with E-state index in [1.165, 1.54) is 0 Å². The maximum Gasteiger partial charge on any atom is 0.411 e. The van der Waals surface area contributed by atoms with Gasteiger partial charge in [0.25, 0.3) is 0 Å². The largest absolute Gasteiger partial charge is 0.447 e. The molecule has 0 saturated carbocycles. The van der Waals surface area contributed by atoms with Gasteiger partial charge in [-0.25, -0.2) is 4.79 Å². The van der Waals surface area contributed by atoms with Crippen molar-refractivity contribution in [3.05, 3.63) is 22.6 Å². The average Bonchev–Trinajstić information content (AvgIpc) is 2.56. The zero-order chi connectivity index (χ0) is 11.9. The van der Waals surface area contributed by atoms with Crippen LogP contribution in [0, 0.1) is 0 Å². The highest BCUT2D eigenvalue weighted by Crippen LogP contribution is 2.29. The number of halogens is 1. The summed E-state index contributed by atoms with van der Waals surface area (Å²) >= 11 is 5.71. The lowest BCUT2D eigenvalue weighted by molar-refractivity contribution is 0.0234. The molecule has 16 heavy (non-hydrogen) atoms. The van der Waals surface area contributed by atoms with Crippen molar-refractivity contribution in [2.45, 2.75) is 39.5 Å². The lowest BCUT2D eigenvalue weighted by Crippen LogP contribution is -2.33. The molecule has 1 aliphatic rings. The van der Waals surface area contributed by atoms with E-state index in [1.54, 1.807) is 11.0 Å². The molecule has 0 radical (unpaired) electrons. The zero-order valence-corrected chi connectivity index (χ0v) is 10.3. The second-order valence-corrected chi connectivity index (χ2v) is 5.21. The van der Waals surface area contributed by atoms with Gasteiger partial charge in [0.1, 0.15) is 11.4 Å². The first-order valence-electron chi connectivity index (χ1n) is 5.10. The van der Waals surface area contributed by atoms with Gasteiger partial charge in [0.05, 0.1) is 13.1 Å². The van der Waals surface area contributed by atoms with Crippen molar-refractivity contribution in [1.29, 1.82) is 0 Å². The average molecular weight is 244 g/mol. The summed E-state index contributed by atoms with van der Waals surface area (Å²) in [6.07, 6.45) is -0.324. The zero-order valence-electron chi connectivity index (χ0n) is 9.54. The molecule has 1 aliphatic heterocycles. The fourth-order valence-corrected chi connectivity index (χ4v) is 1.81. The van der Waals surface area contributed by atoms with Crippen LogP contribution in [0.2, 0.25) is 5.22 Å². The fourth-order valence-electron chi connectivity index (χ4n) is 1.59. The number of carbonyl (C=O) groups excluding carboxylic acids is 1. The van der Waals surface area contributed by atoms with Crippen LogP contribution in [0.3, 0.4) is 0 Å². The highest BCUT2D eigenvalue weighted by Gasteiger charge is 2.30. The number of ether oxygens (including phenoxy) is 1. The molecule has 1 aromatic rings. The second-order valence-electron chi connectivity index (χ2n) is 4.84. The molecule has 0 aromatic carbocycles. The normalized spacial score (nSPS) is 15.1. The van der Waals surface area contributed by atoms with E-state index in [0.717, 1.165) is 11.3 Å². The van der Waals surface area contributed by atoms with Gasteiger partial charge in [-0.05, 0) is 32.4 Å². The van der Waals surface area contributed by atoms with E-state index in [0.29, 0.717) is 18.3 Å². The van der Waals surface area contributed by atoms with Crippen molar-refractivity contribution in [3.8, 4) is 0 Å². The number of amides is 1.